The van der Waals surface area contributed by atoms with Crippen LogP contribution in [0.4, 0.5) is 0 Å². The fourth-order valence-corrected chi connectivity index (χ4v) is 6.27. The highest BCUT2D eigenvalue weighted by Crippen LogP contribution is 2.36. The molecule has 0 bridgehead atoms. The van der Waals surface area contributed by atoms with Crippen molar-refractivity contribution in [2.24, 2.45) is 0 Å². The number of likely N-dealkylation sites (N-methyl/N-ethyl adjacent to an activating group) is 1. The molecule has 0 spiro atoms. The maximum atomic E-state index is 12.5. The molecule has 0 aromatic carbocycles. The maximum absolute atomic E-state index is 12.5. The number of hydrogen-bond acceptors (Lipinski definition) is 4. The normalized spacial score (nSPS) is 21.7. The Morgan fingerprint density at radius 3 is 2.95 bits per heavy atom. The van der Waals surface area contributed by atoms with Crippen molar-refractivity contribution in [1.29, 1.82) is 0 Å². The molecule has 0 aliphatic carbocycles. The minimum Gasteiger partial charge on any atom is -0.313 e. The largest absolute Gasteiger partial charge is 0.313 e. The summed E-state index contributed by atoms with van der Waals surface area (Å²) in [6.45, 7) is 4.00. The molecule has 1 saturated heterocycles. The first-order valence-electron chi connectivity index (χ1n) is 6.13. The number of rotatable bonds is 4. The van der Waals surface area contributed by atoms with Crippen LogP contribution in [0.5, 0.6) is 0 Å². The van der Waals surface area contributed by atoms with Crippen molar-refractivity contribution in [3.05, 3.63) is 14.9 Å². The monoisotopic (exact) mass is 386 g/mol. The van der Waals surface area contributed by atoms with Gasteiger partial charge in [-0.1, -0.05) is 18.5 Å². The van der Waals surface area contributed by atoms with Crippen LogP contribution in [-0.2, 0) is 10.0 Å². The van der Waals surface area contributed by atoms with Gasteiger partial charge in [0.25, 0.3) is 10.0 Å². The average Bonchev–Trinajstić information content (AvgIpc) is 2.71. The lowest BCUT2D eigenvalue weighted by atomic mass is 10.1. The van der Waals surface area contributed by atoms with E-state index in [1.54, 1.807) is 4.31 Å². The second-order valence-corrected chi connectivity index (χ2v) is 9.39. The zero-order valence-electron chi connectivity index (χ0n) is 10.5. The lowest BCUT2D eigenvalue weighted by Crippen LogP contribution is -2.47. The summed E-state index contributed by atoms with van der Waals surface area (Å²) >= 11 is 10.3. The van der Waals surface area contributed by atoms with Gasteiger partial charge in [-0.2, -0.15) is 4.31 Å². The molecule has 8 heteroatoms. The van der Waals surface area contributed by atoms with Gasteiger partial charge in [-0.05, 0) is 41.4 Å². The number of halogens is 2. The van der Waals surface area contributed by atoms with Crippen molar-refractivity contribution in [1.82, 2.24) is 9.62 Å². The van der Waals surface area contributed by atoms with Crippen LogP contribution >= 0.6 is 38.9 Å². The molecule has 4 nitrogen and oxygen atoms in total. The Morgan fingerprint density at radius 1 is 1.63 bits per heavy atom. The van der Waals surface area contributed by atoms with Crippen LogP contribution in [0, 0.1) is 0 Å². The fraction of sp³-hybridized carbons (Fsp3) is 0.636. The molecule has 1 aromatic heterocycles. The van der Waals surface area contributed by atoms with Gasteiger partial charge in [0, 0.05) is 19.1 Å². The van der Waals surface area contributed by atoms with Gasteiger partial charge in [0.05, 0.1) is 8.81 Å². The van der Waals surface area contributed by atoms with E-state index in [0.29, 0.717) is 26.1 Å². The van der Waals surface area contributed by atoms with Gasteiger partial charge < -0.3 is 5.32 Å². The predicted molar refractivity (Wildman–Crippen MR) is 82.5 cm³/mol. The molecule has 0 radical (unpaired) electrons. The predicted octanol–water partition coefficient (Wildman–Crippen LogP) is 2.93. The fourth-order valence-electron chi connectivity index (χ4n) is 2.20. The Labute approximate surface area is 131 Å². The number of piperidine rings is 1. The van der Waals surface area contributed by atoms with Crippen molar-refractivity contribution in [2.45, 2.75) is 30.0 Å². The van der Waals surface area contributed by atoms with Crippen molar-refractivity contribution < 1.29 is 8.42 Å². The Kier molecular flexibility index (Phi) is 5.30. The van der Waals surface area contributed by atoms with Gasteiger partial charge in [0.1, 0.15) is 4.21 Å². The van der Waals surface area contributed by atoms with Gasteiger partial charge >= 0.3 is 0 Å². The van der Waals surface area contributed by atoms with Crippen LogP contribution in [0.25, 0.3) is 0 Å². The number of nitrogens with zero attached hydrogens (tertiary/aromatic N) is 1. The van der Waals surface area contributed by atoms with Gasteiger partial charge in [-0.3, -0.25) is 0 Å². The van der Waals surface area contributed by atoms with E-state index >= 15 is 0 Å². The van der Waals surface area contributed by atoms with Gasteiger partial charge in [-0.25, -0.2) is 8.42 Å². The first-order chi connectivity index (χ1) is 8.95. The quantitative estimate of drug-likeness (QED) is 0.864. The van der Waals surface area contributed by atoms with Crippen LogP contribution in [0.2, 0.25) is 5.02 Å². The van der Waals surface area contributed by atoms with Crippen molar-refractivity contribution in [3.8, 4) is 0 Å². The molecule has 108 valence electrons. The lowest BCUT2D eigenvalue weighted by Gasteiger charge is -2.31. The Morgan fingerprint density at radius 2 is 2.37 bits per heavy atom. The Hall–Kier alpha value is 0.340. The molecule has 2 heterocycles. The van der Waals surface area contributed by atoms with Crippen molar-refractivity contribution in [2.75, 3.05) is 19.6 Å². The summed E-state index contributed by atoms with van der Waals surface area (Å²) in [5.74, 6) is 0. The molecule has 19 heavy (non-hydrogen) atoms. The SMILES string of the molecule is CCNC1CCCN(S(=O)(=O)c2cc(Cl)c(Br)s2)C1. The first-order valence-corrected chi connectivity index (χ1v) is 9.56. The van der Waals surface area contributed by atoms with Crippen LogP contribution < -0.4 is 5.32 Å². The van der Waals surface area contributed by atoms with E-state index in [2.05, 4.69) is 21.2 Å². The number of nitrogens with one attached hydrogen (secondary N) is 1. The van der Waals surface area contributed by atoms with Gasteiger partial charge in [0.2, 0.25) is 0 Å². The van der Waals surface area contributed by atoms with E-state index in [4.69, 9.17) is 11.6 Å². The summed E-state index contributed by atoms with van der Waals surface area (Å²) in [6.07, 6.45) is 1.91. The third-order valence-electron chi connectivity index (χ3n) is 3.09. The van der Waals surface area contributed by atoms with Gasteiger partial charge in [-0.15, -0.1) is 11.3 Å². The zero-order valence-corrected chi connectivity index (χ0v) is 14.5. The molecule has 1 aliphatic rings. The first kappa shape index (κ1) is 15.7. The lowest BCUT2D eigenvalue weighted by molar-refractivity contribution is 0.286. The molecular formula is C11H16BrClN2O2S2. The molecule has 2 rings (SSSR count). The average molecular weight is 388 g/mol. The Balaban J connectivity index is 2.19. The second kappa shape index (κ2) is 6.41. The molecule has 1 fully saturated rings. The van der Waals surface area contributed by atoms with E-state index in [1.165, 1.54) is 6.07 Å². The molecule has 1 unspecified atom stereocenters. The highest BCUT2D eigenvalue weighted by Gasteiger charge is 2.31. The molecular weight excluding hydrogens is 372 g/mol. The van der Waals surface area contributed by atoms with E-state index in [1.807, 2.05) is 6.92 Å². The molecule has 1 atom stereocenters. The summed E-state index contributed by atoms with van der Waals surface area (Å²) < 4.78 is 27.6. The zero-order chi connectivity index (χ0) is 14.0. The van der Waals surface area contributed by atoms with E-state index < -0.39 is 10.0 Å². The topological polar surface area (TPSA) is 49.4 Å². The summed E-state index contributed by atoms with van der Waals surface area (Å²) in [7, 11) is -3.42. The molecule has 0 saturated carbocycles. The minimum absolute atomic E-state index is 0.243. The van der Waals surface area contributed by atoms with Crippen LogP contribution in [0.15, 0.2) is 14.1 Å². The smallest absolute Gasteiger partial charge is 0.252 e. The van der Waals surface area contributed by atoms with Crippen molar-refractivity contribution in [3.63, 3.8) is 0 Å². The van der Waals surface area contributed by atoms with Crippen LogP contribution in [0.3, 0.4) is 0 Å². The number of hydrogen-bond donors (Lipinski definition) is 1. The van der Waals surface area contributed by atoms with Crippen LogP contribution in [-0.4, -0.2) is 38.4 Å². The molecule has 0 amide bonds. The third kappa shape index (κ3) is 3.51. The molecule has 1 N–H and O–H groups in total. The van der Waals surface area contributed by atoms with E-state index in [-0.39, 0.29) is 6.04 Å². The van der Waals surface area contributed by atoms with E-state index in [9.17, 15) is 8.42 Å². The summed E-state index contributed by atoms with van der Waals surface area (Å²) in [5, 5.41) is 3.76. The standard InChI is InChI=1S/C11H16BrClN2O2S2/c1-2-14-8-4-3-5-15(7-8)19(16,17)10-6-9(13)11(12)18-10/h6,8,14H,2-5,7H2,1H3. The highest BCUT2D eigenvalue weighted by atomic mass is 79.9. The van der Waals surface area contributed by atoms with Crippen molar-refractivity contribution >= 4 is 48.9 Å². The summed E-state index contributed by atoms with van der Waals surface area (Å²) in [5.41, 5.74) is 0. The summed E-state index contributed by atoms with van der Waals surface area (Å²) in [4.78, 5) is 0. The molecule has 1 aromatic rings. The highest BCUT2D eigenvalue weighted by molar-refractivity contribution is 9.11. The molecule has 1 aliphatic heterocycles. The third-order valence-corrected chi connectivity index (χ3v) is 7.88. The maximum Gasteiger partial charge on any atom is 0.252 e. The second-order valence-electron chi connectivity index (χ2n) is 4.45. The van der Waals surface area contributed by atoms with E-state index in [0.717, 1.165) is 30.7 Å². The minimum atomic E-state index is -3.42. The Bertz CT molecular complexity index is 525. The summed E-state index contributed by atoms with van der Waals surface area (Å²) in [6, 6.07) is 1.76. The number of thiophene rings is 1. The van der Waals surface area contributed by atoms with Crippen LogP contribution in [0.1, 0.15) is 19.8 Å². The number of sulfonamides is 1. The van der Waals surface area contributed by atoms with Gasteiger partial charge in [0.15, 0.2) is 0 Å².